The third-order valence-electron chi connectivity index (χ3n) is 3.64. The van der Waals surface area contributed by atoms with Gasteiger partial charge in [-0.1, -0.05) is 54.0 Å². The van der Waals surface area contributed by atoms with Crippen molar-refractivity contribution in [3.63, 3.8) is 0 Å². The molecule has 1 amide bonds. The lowest BCUT2D eigenvalue weighted by Gasteiger charge is -2.23. The van der Waals surface area contributed by atoms with Crippen molar-refractivity contribution in [2.75, 3.05) is 13.6 Å². The van der Waals surface area contributed by atoms with Crippen molar-refractivity contribution in [2.45, 2.75) is 26.4 Å². The average Bonchev–Trinajstić information content (AvgIpc) is 3.00. The Bertz CT molecular complexity index is 628. The molecule has 0 saturated carbocycles. The quantitative estimate of drug-likeness (QED) is 0.751. The van der Waals surface area contributed by atoms with Crippen molar-refractivity contribution in [2.24, 2.45) is 5.92 Å². The van der Waals surface area contributed by atoms with E-state index in [1.165, 1.54) is 10.4 Å². The molecule has 0 aliphatic rings. The Hall–Kier alpha value is -1.17. The van der Waals surface area contributed by atoms with Crippen molar-refractivity contribution < 1.29 is 4.79 Å². The summed E-state index contributed by atoms with van der Waals surface area (Å²) in [6.07, 6.45) is 0. The molecule has 5 heteroatoms. The molecule has 0 spiro atoms. The summed E-state index contributed by atoms with van der Waals surface area (Å²) < 4.78 is 1.07. The number of carbonyl (C=O) groups is 1. The summed E-state index contributed by atoms with van der Waals surface area (Å²) in [5.41, 5.74) is 1.18. The van der Waals surface area contributed by atoms with E-state index < -0.39 is 0 Å². The fraction of sp³-hybridized carbons (Fsp3) is 0.389. The first kappa shape index (κ1) is 18.2. The minimum absolute atomic E-state index is 0.0617. The number of thiophene rings is 1. The first-order valence-corrected chi connectivity index (χ1v) is 9.39. The maximum absolute atomic E-state index is 12.4. The van der Waals surface area contributed by atoms with Crippen LogP contribution in [0.25, 0.3) is 0 Å². The lowest BCUT2D eigenvalue weighted by Crippen LogP contribution is -2.38. The second-order valence-electron chi connectivity index (χ2n) is 6.07. The number of rotatable bonds is 7. The van der Waals surface area contributed by atoms with E-state index in [1.807, 2.05) is 36.2 Å². The summed E-state index contributed by atoms with van der Waals surface area (Å²) in [6, 6.07) is 12.3. The van der Waals surface area contributed by atoms with Crippen molar-refractivity contribution in [1.82, 2.24) is 10.2 Å². The van der Waals surface area contributed by atoms with Crippen molar-refractivity contribution in [3.05, 3.63) is 56.7 Å². The lowest BCUT2D eigenvalue weighted by atomic mass is 10.0. The number of carbonyl (C=O) groups excluding carboxylic acids is 1. The highest BCUT2D eigenvalue weighted by Crippen LogP contribution is 2.25. The number of amides is 1. The van der Waals surface area contributed by atoms with Crippen LogP contribution in [0.4, 0.5) is 0 Å². The van der Waals surface area contributed by atoms with E-state index >= 15 is 0 Å². The Balaban J connectivity index is 1.92. The van der Waals surface area contributed by atoms with Crippen molar-refractivity contribution in [3.8, 4) is 0 Å². The molecular weight excluding hydrogens is 372 g/mol. The summed E-state index contributed by atoms with van der Waals surface area (Å²) in [7, 11) is 1.97. The third kappa shape index (κ3) is 5.44. The van der Waals surface area contributed by atoms with Crippen LogP contribution in [0.5, 0.6) is 0 Å². The average molecular weight is 395 g/mol. The van der Waals surface area contributed by atoms with E-state index in [1.54, 1.807) is 11.3 Å². The van der Waals surface area contributed by atoms with Crippen LogP contribution in [0.15, 0.2) is 46.3 Å². The van der Waals surface area contributed by atoms with Gasteiger partial charge < -0.3 is 5.32 Å². The van der Waals surface area contributed by atoms with Crippen LogP contribution in [0, 0.1) is 5.92 Å². The van der Waals surface area contributed by atoms with Gasteiger partial charge in [0.15, 0.2) is 0 Å². The highest BCUT2D eigenvalue weighted by Gasteiger charge is 2.20. The van der Waals surface area contributed by atoms with E-state index in [-0.39, 0.29) is 11.9 Å². The Morgan fingerprint density at radius 3 is 2.61 bits per heavy atom. The molecule has 23 heavy (non-hydrogen) atoms. The summed E-state index contributed by atoms with van der Waals surface area (Å²) in [4.78, 5) is 15.6. The number of benzene rings is 1. The fourth-order valence-corrected chi connectivity index (χ4v) is 3.83. The zero-order chi connectivity index (χ0) is 16.8. The van der Waals surface area contributed by atoms with Gasteiger partial charge >= 0.3 is 0 Å². The number of hydrogen-bond acceptors (Lipinski definition) is 3. The molecule has 0 radical (unpaired) electrons. The molecule has 2 rings (SSSR count). The zero-order valence-electron chi connectivity index (χ0n) is 13.8. The maximum Gasteiger partial charge on any atom is 0.234 e. The van der Waals surface area contributed by atoms with E-state index in [4.69, 9.17) is 0 Å². The second kappa shape index (κ2) is 8.62. The second-order valence-corrected chi connectivity index (χ2v) is 7.90. The molecule has 1 atom stereocenters. The van der Waals surface area contributed by atoms with Gasteiger partial charge in [0.25, 0.3) is 0 Å². The van der Waals surface area contributed by atoms with Crippen LogP contribution in [0.2, 0.25) is 0 Å². The number of likely N-dealkylation sites (N-methyl/N-ethyl adjacent to an activating group) is 1. The summed E-state index contributed by atoms with van der Waals surface area (Å²) >= 11 is 5.24. The van der Waals surface area contributed by atoms with Gasteiger partial charge in [-0.25, -0.2) is 0 Å². The number of hydrogen-bond donors (Lipinski definition) is 1. The SMILES string of the molecule is CC(C)C(NC(=O)CN(C)Cc1ccccc1Br)c1cccs1. The summed E-state index contributed by atoms with van der Waals surface area (Å²) in [5.74, 6) is 0.429. The molecule has 3 nitrogen and oxygen atoms in total. The minimum atomic E-state index is 0.0617. The van der Waals surface area contributed by atoms with Gasteiger partial charge in [-0.3, -0.25) is 9.69 Å². The normalized spacial score (nSPS) is 12.6. The van der Waals surface area contributed by atoms with Gasteiger partial charge in [0.2, 0.25) is 5.91 Å². The molecule has 0 fully saturated rings. The smallest absolute Gasteiger partial charge is 0.234 e. The number of halogens is 1. The van der Waals surface area contributed by atoms with Crippen LogP contribution in [-0.4, -0.2) is 24.4 Å². The summed E-state index contributed by atoms with van der Waals surface area (Å²) in [5, 5.41) is 5.22. The highest BCUT2D eigenvalue weighted by molar-refractivity contribution is 9.10. The molecule has 0 saturated heterocycles. The predicted octanol–water partition coefficient (Wildman–Crippen LogP) is 4.46. The zero-order valence-corrected chi connectivity index (χ0v) is 16.2. The molecule has 0 aliphatic carbocycles. The maximum atomic E-state index is 12.4. The van der Waals surface area contributed by atoms with Gasteiger partial charge in [0.1, 0.15) is 0 Å². The lowest BCUT2D eigenvalue weighted by molar-refractivity contribution is -0.123. The van der Waals surface area contributed by atoms with Gasteiger partial charge in [-0.15, -0.1) is 11.3 Å². The van der Waals surface area contributed by atoms with Crippen LogP contribution in [-0.2, 0) is 11.3 Å². The molecule has 1 heterocycles. The summed E-state index contributed by atoms with van der Waals surface area (Å²) in [6.45, 7) is 5.39. The number of nitrogens with zero attached hydrogens (tertiary/aromatic N) is 1. The molecule has 124 valence electrons. The van der Waals surface area contributed by atoms with Crippen LogP contribution >= 0.6 is 27.3 Å². The fourth-order valence-electron chi connectivity index (χ4n) is 2.47. The Kier molecular flexibility index (Phi) is 6.81. The van der Waals surface area contributed by atoms with Gasteiger partial charge in [0, 0.05) is 15.9 Å². The van der Waals surface area contributed by atoms with Crippen LogP contribution < -0.4 is 5.32 Å². The molecule has 1 aromatic carbocycles. The first-order chi connectivity index (χ1) is 11.0. The van der Waals surface area contributed by atoms with Gasteiger partial charge in [0.05, 0.1) is 12.6 Å². The van der Waals surface area contributed by atoms with E-state index in [0.717, 1.165) is 11.0 Å². The van der Waals surface area contributed by atoms with Crippen molar-refractivity contribution >= 4 is 33.2 Å². The molecule has 1 unspecified atom stereocenters. The monoisotopic (exact) mass is 394 g/mol. The predicted molar refractivity (Wildman–Crippen MR) is 101 cm³/mol. The van der Waals surface area contributed by atoms with Crippen molar-refractivity contribution in [1.29, 1.82) is 0 Å². The topological polar surface area (TPSA) is 32.3 Å². The van der Waals surface area contributed by atoms with Gasteiger partial charge in [-0.2, -0.15) is 0 Å². The molecule has 0 aliphatic heterocycles. The molecular formula is C18H23BrN2OS. The Morgan fingerprint density at radius 1 is 1.26 bits per heavy atom. The molecule has 2 aromatic rings. The van der Waals surface area contributed by atoms with Crippen LogP contribution in [0.3, 0.4) is 0 Å². The van der Waals surface area contributed by atoms with E-state index in [0.29, 0.717) is 12.5 Å². The standard InChI is InChI=1S/C18H23BrN2OS/c1-13(2)18(16-9-6-10-23-16)20-17(22)12-21(3)11-14-7-4-5-8-15(14)19/h4-10,13,18H,11-12H2,1-3H3,(H,20,22). The van der Waals surface area contributed by atoms with E-state index in [2.05, 4.69) is 52.6 Å². The third-order valence-corrected chi connectivity index (χ3v) is 5.37. The molecule has 0 bridgehead atoms. The molecule has 1 aromatic heterocycles. The van der Waals surface area contributed by atoms with E-state index in [9.17, 15) is 4.79 Å². The minimum Gasteiger partial charge on any atom is -0.347 e. The Labute approximate surface area is 150 Å². The molecule has 1 N–H and O–H groups in total. The van der Waals surface area contributed by atoms with Crippen LogP contribution in [0.1, 0.15) is 30.3 Å². The highest BCUT2D eigenvalue weighted by atomic mass is 79.9. The largest absolute Gasteiger partial charge is 0.347 e. The first-order valence-electron chi connectivity index (χ1n) is 7.72. The Morgan fingerprint density at radius 2 is 2.00 bits per heavy atom. The number of nitrogens with one attached hydrogen (secondary N) is 1. The van der Waals surface area contributed by atoms with Gasteiger partial charge in [-0.05, 0) is 36.0 Å².